The number of sulfonamides is 1. The number of rotatable bonds is 3. The van der Waals surface area contributed by atoms with Crippen molar-refractivity contribution in [3.05, 3.63) is 26.8 Å². The highest BCUT2D eigenvalue weighted by atomic mass is 127. The standard InChI is InChI=1S/C11H14ClIN2O2S/c12-10-7-8(13)1-2-11(10)15-18(16,17)9-3-5-14-6-4-9/h1-2,7,9,14-15H,3-6H2. The van der Waals surface area contributed by atoms with E-state index in [0.29, 0.717) is 23.6 Å². The summed E-state index contributed by atoms with van der Waals surface area (Å²) >= 11 is 8.16. The van der Waals surface area contributed by atoms with Gasteiger partial charge in [-0.3, -0.25) is 4.72 Å². The van der Waals surface area contributed by atoms with Crippen LogP contribution in [-0.4, -0.2) is 26.8 Å². The van der Waals surface area contributed by atoms with E-state index in [1.807, 2.05) is 6.07 Å². The maximum absolute atomic E-state index is 12.2. The van der Waals surface area contributed by atoms with Gasteiger partial charge in [-0.05, 0) is 66.7 Å². The summed E-state index contributed by atoms with van der Waals surface area (Å²) in [6, 6.07) is 5.26. The Labute approximate surface area is 126 Å². The number of hydrogen-bond acceptors (Lipinski definition) is 3. The molecule has 1 aromatic rings. The molecule has 0 bridgehead atoms. The van der Waals surface area contributed by atoms with Gasteiger partial charge in [0, 0.05) is 3.57 Å². The molecule has 1 aliphatic rings. The van der Waals surface area contributed by atoms with Gasteiger partial charge >= 0.3 is 0 Å². The molecule has 0 atom stereocenters. The first-order valence-electron chi connectivity index (χ1n) is 5.66. The lowest BCUT2D eigenvalue weighted by atomic mass is 10.2. The molecule has 0 spiro atoms. The zero-order valence-electron chi connectivity index (χ0n) is 9.62. The summed E-state index contributed by atoms with van der Waals surface area (Å²) < 4.78 is 28.0. The van der Waals surface area contributed by atoms with Gasteiger partial charge < -0.3 is 5.32 Å². The molecule has 2 N–H and O–H groups in total. The lowest BCUT2D eigenvalue weighted by molar-refractivity contribution is 0.499. The van der Waals surface area contributed by atoms with Crippen LogP contribution in [0.1, 0.15) is 12.8 Å². The third-order valence-corrected chi connectivity index (χ3v) is 5.75. The monoisotopic (exact) mass is 400 g/mol. The number of hydrogen-bond donors (Lipinski definition) is 2. The van der Waals surface area contributed by atoms with E-state index in [9.17, 15) is 8.42 Å². The van der Waals surface area contributed by atoms with Crippen molar-refractivity contribution in [2.45, 2.75) is 18.1 Å². The summed E-state index contributed by atoms with van der Waals surface area (Å²) in [6.07, 6.45) is 1.27. The van der Waals surface area contributed by atoms with Crippen LogP contribution in [0.2, 0.25) is 5.02 Å². The molecule has 2 rings (SSSR count). The fourth-order valence-corrected chi connectivity index (χ4v) is 4.38. The van der Waals surface area contributed by atoms with Crippen molar-refractivity contribution in [1.29, 1.82) is 0 Å². The fraction of sp³-hybridized carbons (Fsp3) is 0.455. The zero-order chi connectivity index (χ0) is 13.2. The first-order valence-corrected chi connectivity index (χ1v) is 8.67. The van der Waals surface area contributed by atoms with E-state index in [1.165, 1.54) is 0 Å². The summed E-state index contributed by atoms with van der Waals surface area (Å²) in [4.78, 5) is 0. The number of benzene rings is 1. The van der Waals surface area contributed by atoms with Crippen molar-refractivity contribution in [3.63, 3.8) is 0 Å². The molecule has 0 saturated carbocycles. The summed E-state index contributed by atoms with van der Waals surface area (Å²) in [5.74, 6) is 0. The second kappa shape index (κ2) is 5.94. The Balaban J connectivity index is 2.16. The van der Waals surface area contributed by atoms with Crippen molar-refractivity contribution < 1.29 is 8.42 Å². The van der Waals surface area contributed by atoms with Gasteiger partial charge in [-0.2, -0.15) is 0 Å². The van der Waals surface area contributed by atoms with E-state index in [0.717, 1.165) is 16.7 Å². The molecule has 1 aromatic carbocycles. The Kier molecular flexibility index (Phi) is 4.74. The minimum Gasteiger partial charge on any atom is -0.317 e. The molecule has 7 heteroatoms. The third-order valence-electron chi connectivity index (χ3n) is 2.91. The van der Waals surface area contributed by atoms with E-state index in [-0.39, 0.29) is 5.25 Å². The second-order valence-electron chi connectivity index (χ2n) is 4.22. The first-order chi connectivity index (χ1) is 8.49. The number of anilines is 1. The molecule has 0 radical (unpaired) electrons. The highest BCUT2D eigenvalue weighted by molar-refractivity contribution is 14.1. The van der Waals surface area contributed by atoms with Gasteiger partial charge in [0.25, 0.3) is 0 Å². The van der Waals surface area contributed by atoms with Crippen LogP contribution in [0.25, 0.3) is 0 Å². The number of nitrogens with one attached hydrogen (secondary N) is 2. The van der Waals surface area contributed by atoms with E-state index < -0.39 is 10.0 Å². The summed E-state index contributed by atoms with van der Waals surface area (Å²) in [5, 5.41) is 3.24. The molecule has 1 heterocycles. The van der Waals surface area contributed by atoms with Crippen molar-refractivity contribution in [2.75, 3.05) is 17.8 Å². The van der Waals surface area contributed by atoms with Gasteiger partial charge in [-0.15, -0.1) is 0 Å². The SMILES string of the molecule is O=S(=O)(Nc1ccc(I)cc1Cl)C1CCNCC1. The molecule has 0 unspecified atom stereocenters. The molecule has 100 valence electrons. The van der Waals surface area contributed by atoms with Crippen LogP contribution in [-0.2, 0) is 10.0 Å². The molecule has 4 nitrogen and oxygen atoms in total. The normalized spacial score (nSPS) is 17.7. The zero-order valence-corrected chi connectivity index (χ0v) is 13.3. The smallest absolute Gasteiger partial charge is 0.235 e. The molecule has 1 aliphatic heterocycles. The van der Waals surface area contributed by atoms with Gasteiger partial charge in [-0.25, -0.2) is 8.42 Å². The molecule has 1 saturated heterocycles. The first kappa shape index (κ1) is 14.4. The van der Waals surface area contributed by atoms with E-state index >= 15 is 0 Å². The third kappa shape index (κ3) is 3.49. The summed E-state index contributed by atoms with van der Waals surface area (Å²) in [7, 11) is -3.35. The van der Waals surface area contributed by atoms with Gasteiger partial charge in [0.1, 0.15) is 0 Å². The number of halogens is 2. The molecule has 18 heavy (non-hydrogen) atoms. The average Bonchev–Trinajstić information content (AvgIpc) is 2.34. The van der Waals surface area contributed by atoms with Crippen LogP contribution in [0, 0.1) is 3.57 Å². The van der Waals surface area contributed by atoms with Crippen molar-refractivity contribution in [3.8, 4) is 0 Å². The van der Waals surface area contributed by atoms with Crippen molar-refractivity contribution in [2.24, 2.45) is 0 Å². The minimum atomic E-state index is -3.35. The Morgan fingerprint density at radius 3 is 2.61 bits per heavy atom. The second-order valence-corrected chi connectivity index (χ2v) is 7.83. The quantitative estimate of drug-likeness (QED) is 0.766. The molecular weight excluding hydrogens is 387 g/mol. The van der Waals surface area contributed by atoms with Crippen LogP contribution in [0.4, 0.5) is 5.69 Å². The Morgan fingerprint density at radius 2 is 2.00 bits per heavy atom. The van der Waals surface area contributed by atoms with Gasteiger partial charge in [0.05, 0.1) is 16.0 Å². The van der Waals surface area contributed by atoms with Gasteiger partial charge in [-0.1, -0.05) is 11.6 Å². The lowest BCUT2D eigenvalue weighted by Gasteiger charge is -2.23. The van der Waals surface area contributed by atoms with Crippen molar-refractivity contribution >= 4 is 49.9 Å². The van der Waals surface area contributed by atoms with Crippen LogP contribution >= 0.6 is 34.2 Å². The van der Waals surface area contributed by atoms with Crippen LogP contribution in [0.5, 0.6) is 0 Å². The number of piperidine rings is 1. The van der Waals surface area contributed by atoms with Crippen molar-refractivity contribution in [1.82, 2.24) is 5.32 Å². The predicted molar refractivity (Wildman–Crippen MR) is 82.6 cm³/mol. The maximum Gasteiger partial charge on any atom is 0.235 e. The maximum atomic E-state index is 12.2. The largest absolute Gasteiger partial charge is 0.317 e. The highest BCUT2D eigenvalue weighted by Crippen LogP contribution is 2.26. The summed E-state index contributed by atoms with van der Waals surface area (Å²) in [6.45, 7) is 1.48. The Bertz CT molecular complexity index is 530. The van der Waals surface area contributed by atoms with Crippen LogP contribution in [0.15, 0.2) is 18.2 Å². The van der Waals surface area contributed by atoms with Gasteiger partial charge in [0.2, 0.25) is 10.0 Å². The minimum absolute atomic E-state index is 0.339. The fourth-order valence-electron chi connectivity index (χ4n) is 1.91. The molecule has 0 amide bonds. The van der Waals surface area contributed by atoms with E-state index in [2.05, 4.69) is 32.6 Å². The Morgan fingerprint density at radius 1 is 1.33 bits per heavy atom. The lowest BCUT2D eigenvalue weighted by Crippen LogP contribution is -2.38. The molecule has 0 aromatic heterocycles. The molecule has 0 aliphatic carbocycles. The van der Waals surface area contributed by atoms with Crippen LogP contribution in [0.3, 0.4) is 0 Å². The average molecular weight is 401 g/mol. The van der Waals surface area contributed by atoms with Crippen LogP contribution < -0.4 is 10.0 Å². The molecular formula is C11H14ClIN2O2S. The van der Waals surface area contributed by atoms with Gasteiger partial charge in [0.15, 0.2) is 0 Å². The molecule has 1 fully saturated rings. The predicted octanol–water partition coefficient (Wildman–Crippen LogP) is 2.44. The van der Waals surface area contributed by atoms with E-state index in [1.54, 1.807) is 12.1 Å². The Hall–Kier alpha value is -0.0500. The topological polar surface area (TPSA) is 58.2 Å². The highest BCUT2D eigenvalue weighted by Gasteiger charge is 2.27. The summed E-state index contributed by atoms with van der Waals surface area (Å²) in [5.41, 5.74) is 0.454. The van der Waals surface area contributed by atoms with E-state index in [4.69, 9.17) is 11.6 Å².